The van der Waals surface area contributed by atoms with Crippen molar-refractivity contribution in [3.63, 3.8) is 0 Å². The molecule has 0 saturated carbocycles. The number of unbranched alkanes of at least 4 members (excludes halogenated alkanes) is 1. The fourth-order valence-electron chi connectivity index (χ4n) is 2.95. The predicted octanol–water partition coefficient (Wildman–Crippen LogP) is 6.08. The molecule has 1 heterocycles. The number of nitrogens with one attached hydrogen (secondary N) is 1. The molecule has 0 amide bonds. The summed E-state index contributed by atoms with van der Waals surface area (Å²) in [6.45, 7) is 18.3. The molecule has 2 heteroatoms. The Morgan fingerprint density at radius 2 is 1.67 bits per heavy atom. The first-order valence-corrected chi connectivity index (χ1v) is 8.74. The first kappa shape index (κ1) is 18.3. The van der Waals surface area contributed by atoms with Crippen molar-refractivity contribution >= 4 is 0 Å². The fraction of sp³-hybridized carbons (Fsp3) is 0.842. The minimum atomic E-state index is 0.104. The molecular weight excluding hydrogens is 256 g/mol. The van der Waals surface area contributed by atoms with Crippen molar-refractivity contribution in [1.82, 2.24) is 9.97 Å². The highest BCUT2D eigenvalue weighted by molar-refractivity contribution is 5.27. The molecule has 0 aliphatic rings. The Hall–Kier alpha value is -0.790. The molecule has 1 aromatic rings. The zero-order chi connectivity index (χ0) is 16.3. The summed E-state index contributed by atoms with van der Waals surface area (Å²) in [6.07, 6.45) is 6.15. The molecule has 0 fully saturated rings. The minimum absolute atomic E-state index is 0.104. The third kappa shape index (κ3) is 4.59. The third-order valence-electron chi connectivity index (χ3n) is 4.45. The molecule has 0 saturated heterocycles. The average molecular weight is 293 g/mol. The van der Waals surface area contributed by atoms with Crippen molar-refractivity contribution in [2.24, 2.45) is 0 Å². The lowest BCUT2D eigenvalue weighted by atomic mass is 9.86. The highest BCUT2D eigenvalue weighted by Gasteiger charge is 2.30. The van der Waals surface area contributed by atoms with Gasteiger partial charge in [-0.15, -0.1) is 0 Å². The van der Waals surface area contributed by atoms with Gasteiger partial charge in [0, 0.05) is 16.5 Å². The monoisotopic (exact) mass is 292 g/mol. The maximum absolute atomic E-state index is 5.05. The van der Waals surface area contributed by atoms with Crippen LogP contribution in [0.1, 0.15) is 111 Å². The van der Waals surface area contributed by atoms with Crippen LogP contribution in [-0.4, -0.2) is 9.97 Å². The van der Waals surface area contributed by atoms with Crippen molar-refractivity contribution in [2.75, 3.05) is 0 Å². The van der Waals surface area contributed by atoms with Gasteiger partial charge in [-0.2, -0.15) is 0 Å². The standard InChI is InChI=1S/C19H36N2/c1-9-11-13-19(7,8)17-20-15(14(3)12-10-2)16(21-17)18(4,5)6/h14H,9-13H2,1-8H3,(H,20,21). The van der Waals surface area contributed by atoms with Gasteiger partial charge in [0.15, 0.2) is 0 Å². The maximum atomic E-state index is 5.05. The Morgan fingerprint density at radius 1 is 1.05 bits per heavy atom. The number of aromatic nitrogens is 2. The van der Waals surface area contributed by atoms with E-state index in [1.165, 1.54) is 49.3 Å². The number of nitrogens with zero attached hydrogens (tertiary/aromatic N) is 1. The van der Waals surface area contributed by atoms with E-state index in [0.29, 0.717) is 5.92 Å². The molecule has 0 aromatic carbocycles. The van der Waals surface area contributed by atoms with Crippen molar-refractivity contribution in [2.45, 2.75) is 104 Å². The molecule has 0 aliphatic carbocycles. The molecule has 1 rings (SSSR count). The Labute approximate surface area is 132 Å². The van der Waals surface area contributed by atoms with Gasteiger partial charge in [-0.1, -0.05) is 74.7 Å². The van der Waals surface area contributed by atoms with Crippen molar-refractivity contribution in [3.8, 4) is 0 Å². The van der Waals surface area contributed by atoms with Crippen LogP contribution >= 0.6 is 0 Å². The summed E-state index contributed by atoms with van der Waals surface area (Å²) in [7, 11) is 0. The van der Waals surface area contributed by atoms with Gasteiger partial charge in [-0.3, -0.25) is 0 Å². The van der Waals surface area contributed by atoms with Gasteiger partial charge in [0.25, 0.3) is 0 Å². The Bertz CT molecular complexity index is 435. The van der Waals surface area contributed by atoms with E-state index in [4.69, 9.17) is 4.98 Å². The first-order valence-electron chi connectivity index (χ1n) is 8.74. The SMILES string of the molecule is CCCCC(C)(C)c1nc(C(C)(C)C)c(C(C)CCC)[nH]1. The number of aromatic amines is 1. The number of hydrogen-bond acceptors (Lipinski definition) is 1. The van der Waals surface area contributed by atoms with Crippen LogP contribution in [0.3, 0.4) is 0 Å². The largest absolute Gasteiger partial charge is 0.345 e. The summed E-state index contributed by atoms with van der Waals surface area (Å²) in [5.74, 6) is 1.74. The number of rotatable bonds is 7. The molecule has 1 N–H and O–H groups in total. The fourth-order valence-corrected chi connectivity index (χ4v) is 2.95. The van der Waals surface area contributed by atoms with Crippen LogP contribution < -0.4 is 0 Å². The van der Waals surface area contributed by atoms with Crippen LogP contribution in [0.4, 0.5) is 0 Å². The van der Waals surface area contributed by atoms with Gasteiger partial charge in [0.2, 0.25) is 0 Å². The third-order valence-corrected chi connectivity index (χ3v) is 4.45. The van der Waals surface area contributed by atoms with Crippen LogP contribution in [0.25, 0.3) is 0 Å². The van der Waals surface area contributed by atoms with E-state index in [2.05, 4.69) is 60.4 Å². The molecule has 0 spiro atoms. The van der Waals surface area contributed by atoms with Crippen molar-refractivity contribution < 1.29 is 0 Å². The van der Waals surface area contributed by atoms with E-state index >= 15 is 0 Å². The summed E-state index contributed by atoms with van der Waals surface area (Å²) in [6, 6.07) is 0. The second-order valence-corrected chi connectivity index (χ2v) is 8.27. The van der Waals surface area contributed by atoms with Gasteiger partial charge in [-0.05, 0) is 18.8 Å². The van der Waals surface area contributed by atoms with E-state index in [0.717, 1.165) is 0 Å². The van der Waals surface area contributed by atoms with Crippen molar-refractivity contribution in [1.29, 1.82) is 0 Å². The topological polar surface area (TPSA) is 28.7 Å². The molecule has 0 radical (unpaired) electrons. The zero-order valence-corrected chi connectivity index (χ0v) is 15.6. The molecule has 1 aromatic heterocycles. The summed E-state index contributed by atoms with van der Waals surface area (Å²) < 4.78 is 0. The highest BCUT2D eigenvalue weighted by Crippen LogP contribution is 2.35. The van der Waals surface area contributed by atoms with Crippen LogP contribution in [0.5, 0.6) is 0 Å². The minimum Gasteiger partial charge on any atom is -0.345 e. The molecule has 122 valence electrons. The van der Waals surface area contributed by atoms with Crippen LogP contribution in [-0.2, 0) is 10.8 Å². The molecule has 21 heavy (non-hydrogen) atoms. The highest BCUT2D eigenvalue weighted by atomic mass is 15.0. The Morgan fingerprint density at radius 3 is 2.14 bits per heavy atom. The van der Waals surface area contributed by atoms with Gasteiger partial charge in [-0.25, -0.2) is 4.98 Å². The lowest BCUT2D eigenvalue weighted by Gasteiger charge is -2.22. The number of H-pyrrole nitrogens is 1. The van der Waals surface area contributed by atoms with Crippen LogP contribution in [0, 0.1) is 0 Å². The maximum Gasteiger partial charge on any atom is 0.112 e. The molecule has 0 bridgehead atoms. The molecular formula is C19H36N2. The molecule has 1 atom stereocenters. The molecule has 0 aliphatic heterocycles. The van der Waals surface area contributed by atoms with Gasteiger partial charge < -0.3 is 4.98 Å². The Balaban J connectivity index is 3.19. The van der Waals surface area contributed by atoms with E-state index < -0.39 is 0 Å². The summed E-state index contributed by atoms with van der Waals surface area (Å²) >= 11 is 0. The molecule has 2 nitrogen and oxygen atoms in total. The lowest BCUT2D eigenvalue weighted by Crippen LogP contribution is -2.20. The number of imidazole rings is 1. The van der Waals surface area contributed by atoms with Gasteiger partial charge >= 0.3 is 0 Å². The summed E-state index contributed by atoms with van der Waals surface area (Å²) in [4.78, 5) is 8.76. The van der Waals surface area contributed by atoms with E-state index in [1.54, 1.807) is 0 Å². The Kier molecular flexibility index (Phi) is 6.07. The zero-order valence-electron chi connectivity index (χ0n) is 15.6. The smallest absolute Gasteiger partial charge is 0.112 e. The van der Waals surface area contributed by atoms with Gasteiger partial charge in [0.05, 0.1) is 5.69 Å². The van der Waals surface area contributed by atoms with Crippen LogP contribution in [0.2, 0.25) is 0 Å². The van der Waals surface area contributed by atoms with E-state index in [9.17, 15) is 0 Å². The summed E-state index contributed by atoms with van der Waals surface area (Å²) in [5.41, 5.74) is 2.87. The average Bonchev–Trinajstić information content (AvgIpc) is 2.82. The predicted molar refractivity (Wildman–Crippen MR) is 93.2 cm³/mol. The molecule has 1 unspecified atom stereocenters. The number of hydrogen-bond donors (Lipinski definition) is 1. The van der Waals surface area contributed by atoms with Crippen LogP contribution in [0.15, 0.2) is 0 Å². The lowest BCUT2D eigenvalue weighted by molar-refractivity contribution is 0.432. The van der Waals surface area contributed by atoms with E-state index in [-0.39, 0.29) is 10.8 Å². The quantitative estimate of drug-likeness (QED) is 0.648. The second-order valence-electron chi connectivity index (χ2n) is 8.27. The van der Waals surface area contributed by atoms with E-state index in [1.807, 2.05) is 0 Å². The van der Waals surface area contributed by atoms with Crippen molar-refractivity contribution in [3.05, 3.63) is 17.2 Å². The van der Waals surface area contributed by atoms with Gasteiger partial charge in [0.1, 0.15) is 5.82 Å². The normalized spacial score (nSPS) is 14.5. The summed E-state index contributed by atoms with van der Waals surface area (Å²) in [5, 5.41) is 0. The first-order chi connectivity index (χ1) is 9.63. The second kappa shape index (κ2) is 6.98.